The Bertz CT molecular complexity index is 948. The molecule has 32 heavy (non-hydrogen) atoms. The number of ether oxygens (including phenoxy) is 1. The summed E-state index contributed by atoms with van der Waals surface area (Å²) in [4.78, 5) is 23.3. The van der Waals surface area contributed by atoms with Crippen molar-refractivity contribution in [3.63, 3.8) is 0 Å². The Morgan fingerprint density at radius 1 is 1.28 bits per heavy atom. The number of rotatable bonds is 5. The monoisotopic (exact) mass is 553 g/mol. The number of methoxy groups -OCH3 is 1. The Kier molecular flexibility index (Phi) is 8.21. The van der Waals surface area contributed by atoms with Crippen molar-refractivity contribution in [1.82, 2.24) is 20.0 Å². The highest BCUT2D eigenvalue weighted by atomic mass is 127. The maximum absolute atomic E-state index is 12.7. The SMILES string of the molecule is CN=C(NCC1CCN(c2cccc(OC)c2)C1)N1CCN(c2cnn(C)c2)C(=O)C1.I. The highest BCUT2D eigenvalue weighted by molar-refractivity contribution is 14.0. The molecule has 0 saturated carbocycles. The van der Waals surface area contributed by atoms with Crippen molar-refractivity contribution < 1.29 is 9.53 Å². The van der Waals surface area contributed by atoms with E-state index in [4.69, 9.17) is 4.74 Å². The number of amides is 1. The molecular formula is C22H32IN7O2. The number of benzene rings is 1. The van der Waals surface area contributed by atoms with E-state index in [2.05, 4.69) is 32.4 Å². The summed E-state index contributed by atoms with van der Waals surface area (Å²) in [5, 5.41) is 7.66. The van der Waals surface area contributed by atoms with Crippen LogP contribution in [0.4, 0.5) is 11.4 Å². The normalized spacial score (nSPS) is 19.2. The lowest BCUT2D eigenvalue weighted by Gasteiger charge is -2.35. The summed E-state index contributed by atoms with van der Waals surface area (Å²) in [6.07, 6.45) is 4.72. The number of nitrogens with zero attached hydrogens (tertiary/aromatic N) is 6. The van der Waals surface area contributed by atoms with Gasteiger partial charge in [0.2, 0.25) is 5.91 Å². The van der Waals surface area contributed by atoms with Crippen molar-refractivity contribution in [2.75, 3.05) is 63.2 Å². The van der Waals surface area contributed by atoms with Crippen LogP contribution in [0.5, 0.6) is 5.75 Å². The van der Waals surface area contributed by atoms with Crippen molar-refractivity contribution in [2.24, 2.45) is 18.0 Å². The number of hydrogen-bond donors (Lipinski definition) is 1. The Morgan fingerprint density at radius 3 is 2.81 bits per heavy atom. The summed E-state index contributed by atoms with van der Waals surface area (Å²) in [5.41, 5.74) is 2.04. The number of piperazine rings is 1. The minimum atomic E-state index is 0. The number of halogens is 1. The van der Waals surface area contributed by atoms with Crippen LogP contribution in [0.25, 0.3) is 0 Å². The summed E-state index contributed by atoms with van der Waals surface area (Å²) in [7, 11) is 5.33. The molecule has 2 saturated heterocycles. The lowest BCUT2D eigenvalue weighted by Crippen LogP contribution is -2.55. The Morgan fingerprint density at radius 2 is 2.12 bits per heavy atom. The smallest absolute Gasteiger partial charge is 0.246 e. The average molecular weight is 553 g/mol. The fourth-order valence-corrected chi connectivity index (χ4v) is 4.28. The first-order valence-electron chi connectivity index (χ1n) is 10.7. The van der Waals surface area contributed by atoms with E-state index in [9.17, 15) is 4.79 Å². The number of carbonyl (C=O) groups is 1. The van der Waals surface area contributed by atoms with Crippen molar-refractivity contribution in [1.29, 1.82) is 0 Å². The molecule has 9 nitrogen and oxygen atoms in total. The number of aromatic nitrogens is 2. The van der Waals surface area contributed by atoms with E-state index in [1.807, 2.05) is 30.3 Å². The zero-order valence-corrected chi connectivity index (χ0v) is 21.2. The van der Waals surface area contributed by atoms with E-state index < -0.39 is 0 Å². The molecule has 1 aromatic heterocycles. The second-order valence-corrected chi connectivity index (χ2v) is 8.07. The fraction of sp³-hybridized carbons (Fsp3) is 0.500. The molecule has 2 aromatic rings. The zero-order chi connectivity index (χ0) is 21.8. The topological polar surface area (TPSA) is 78.2 Å². The molecule has 1 atom stereocenters. The van der Waals surface area contributed by atoms with Gasteiger partial charge in [0.05, 0.1) is 19.0 Å². The van der Waals surface area contributed by atoms with Gasteiger partial charge in [-0.2, -0.15) is 5.10 Å². The van der Waals surface area contributed by atoms with E-state index in [0.717, 1.165) is 50.0 Å². The molecule has 2 fully saturated rings. The van der Waals surface area contributed by atoms with Crippen LogP contribution in [0, 0.1) is 5.92 Å². The predicted molar refractivity (Wildman–Crippen MR) is 137 cm³/mol. The van der Waals surface area contributed by atoms with E-state index in [0.29, 0.717) is 19.0 Å². The fourth-order valence-electron chi connectivity index (χ4n) is 4.28. The van der Waals surface area contributed by atoms with E-state index in [-0.39, 0.29) is 29.9 Å². The molecule has 1 N–H and O–H groups in total. The van der Waals surface area contributed by atoms with Crippen LogP contribution in [0.2, 0.25) is 0 Å². The van der Waals surface area contributed by atoms with Crippen LogP contribution in [0.1, 0.15) is 6.42 Å². The Labute approximate surface area is 206 Å². The molecule has 2 aliphatic rings. The van der Waals surface area contributed by atoms with Gasteiger partial charge in [-0.3, -0.25) is 14.5 Å². The molecule has 1 amide bonds. The van der Waals surface area contributed by atoms with Crippen LogP contribution in [-0.4, -0.2) is 80.0 Å². The lowest BCUT2D eigenvalue weighted by molar-refractivity contribution is -0.120. The summed E-state index contributed by atoms with van der Waals surface area (Å²) in [5.74, 6) is 2.26. The van der Waals surface area contributed by atoms with E-state index >= 15 is 0 Å². The molecule has 0 aliphatic carbocycles. The van der Waals surface area contributed by atoms with Gasteiger partial charge >= 0.3 is 0 Å². The quantitative estimate of drug-likeness (QED) is 0.346. The van der Waals surface area contributed by atoms with Crippen molar-refractivity contribution in [3.8, 4) is 5.75 Å². The number of aliphatic imine (C=N–C) groups is 1. The molecule has 1 aromatic carbocycles. The van der Waals surface area contributed by atoms with Gasteiger partial charge in [-0.05, 0) is 24.5 Å². The number of aryl methyl sites for hydroxylation is 1. The summed E-state index contributed by atoms with van der Waals surface area (Å²) < 4.78 is 7.07. The first kappa shape index (κ1) is 24.1. The summed E-state index contributed by atoms with van der Waals surface area (Å²) in [6.45, 7) is 4.53. The zero-order valence-electron chi connectivity index (χ0n) is 18.9. The van der Waals surface area contributed by atoms with E-state index in [1.165, 1.54) is 5.69 Å². The second-order valence-electron chi connectivity index (χ2n) is 8.07. The van der Waals surface area contributed by atoms with Gasteiger partial charge < -0.3 is 24.8 Å². The summed E-state index contributed by atoms with van der Waals surface area (Å²) >= 11 is 0. The molecule has 0 radical (unpaired) electrons. The standard InChI is InChI=1S/C22H31N7O2.HI/c1-23-22(28-9-10-29(21(30)16-28)19-13-25-26(2)15-19)24-12-17-7-8-27(14-17)18-5-4-6-20(11-18)31-3;/h4-6,11,13,15,17H,7-10,12,14,16H2,1-3H3,(H,23,24);1H. The first-order valence-corrected chi connectivity index (χ1v) is 10.7. The molecule has 4 rings (SSSR count). The lowest BCUT2D eigenvalue weighted by atomic mass is 10.1. The molecule has 2 aliphatic heterocycles. The minimum Gasteiger partial charge on any atom is -0.497 e. The largest absolute Gasteiger partial charge is 0.497 e. The van der Waals surface area contributed by atoms with Gasteiger partial charge in [0, 0.05) is 64.8 Å². The number of nitrogens with one attached hydrogen (secondary N) is 1. The van der Waals surface area contributed by atoms with Crippen molar-refractivity contribution in [3.05, 3.63) is 36.7 Å². The van der Waals surface area contributed by atoms with Gasteiger partial charge in [-0.25, -0.2) is 0 Å². The number of anilines is 2. The van der Waals surface area contributed by atoms with Gasteiger partial charge in [-0.15, -0.1) is 24.0 Å². The number of carbonyl (C=O) groups excluding carboxylic acids is 1. The van der Waals surface area contributed by atoms with E-state index in [1.54, 1.807) is 29.9 Å². The average Bonchev–Trinajstić information content (AvgIpc) is 3.43. The van der Waals surface area contributed by atoms with Crippen LogP contribution in [0.3, 0.4) is 0 Å². The first-order chi connectivity index (χ1) is 15.1. The van der Waals surface area contributed by atoms with Crippen LogP contribution in [0.15, 0.2) is 41.7 Å². The van der Waals surface area contributed by atoms with Gasteiger partial charge in [0.1, 0.15) is 12.3 Å². The maximum atomic E-state index is 12.7. The van der Waals surface area contributed by atoms with Crippen LogP contribution < -0.4 is 19.9 Å². The summed E-state index contributed by atoms with van der Waals surface area (Å²) in [6, 6.07) is 8.22. The van der Waals surface area contributed by atoms with Gasteiger partial charge in [0.15, 0.2) is 5.96 Å². The molecule has 3 heterocycles. The van der Waals surface area contributed by atoms with Crippen molar-refractivity contribution >= 4 is 47.2 Å². The van der Waals surface area contributed by atoms with Gasteiger partial charge in [0.25, 0.3) is 0 Å². The number of hydrogen-bond acceptors (Lipinski definition) is 5. The molecule has 174 valence electrons. The molecule has 1 unspecified atom stereocenters. The molecule has 0 spiro atoms. The minimum absolute atomic E-state index is 0. The third kappa shape index (κ3) is 5.45. The Balaban J connectivity index is 0.00000289. The molecule has 0 bridgehead atoms. The maximum Gasteiger partial charge on any atom is 0.246 e. The highest BCUT2D eigenvalue weighted by Gasteiger charge is 2.29. The van der Waals surface area contributed by atoms with Crippen molar-refractivity contribution in [2.45, 2.75) is 6.42 Å². The molecular weight excluding hydrogens is 521 g/mol. The number of guanidine groups is 1. The second kappa shape index (κ2) is 10.9. The van der Waals surface area contributed by atoms with Crippen LogP contribution >= 0.6 is 24.0 Å². The molecule has 10 heteroatoms. The third-order valence-electron chi connectivity index (χ3n) is 5.99. The highest BCUT2D eigenvalue weighted by Crippen LogP contribution is 2.26. The Hall–Kier alpha value is -2.50. The van der Waals surface area contributed by atoms with Gasteiger partial charge in [-0.1, -0.05) is 6.07 Å². The predicted octanol–water partition coefficient (Wildman–Crippen LogP) is 1.80. The van der Waals surface area contributed by atoms with Crippen LogP contribution in [-0.2, 0) is 11.8 Å². The third-order valence-corrected chi connectivity index (χ3v) is 5.99.